The Kier molecular flexibility index (Phi) is 6.44. The first-order chi connectivity index (χ1) is 15.9. The molecule has 1 amide bonds. The van der Waals surface area contributed by atoms with E-state index in [9.17, 15) is 18.0 Å². The van der Waals surface area contributed by atoms with E-state index >= 15 is 0 Å². The van der Waals surface area contributed by atoms with Gasteiger partial charge in [0.25, 0.3) is 5.91 Å². The summed E-state index contributed by atoms with van der Waals surface area (Å²) in [6.45, 7) is 0.590. The number of hydrogen-bond acceptors (Lipinski definition) is 3. The molecule has 0 aliphatic rings. The van der Waals surface area contributed by atoms with Gasteiger partial charge in [-0.1, -0.05) is 66.7 Å². The number of carbonyl (C=O) groups is 1. The van der Waals surface area contributed by atoms with Crippen molar-refractivity contribution < 1.29 is 22.7 Å². The molecule has 4 aromatic rings. The molecule has 0 aliphatic carbocycles. The van der Waals surface area contributed by atoms with E-state index in [2.05, 4.69) is 10.4 Å². The summed E-state index contributed by atoms with van der Waals surface area (Å²) in [5.74, 6) is -0.518. The Labute approximate surface area is 188 Å². The molecule has 0 radical (unpaired) electrons. The largest absolute Gasteiger partial charge is 0.471 e. The summed E-state index contributed by atoms with van der Waals surface area (Å²) in [5.41, 5.74) is 1.17. The number of nitrogens with zero attached hydrogens (tertiary/aromatic N) is 2. The molecule has 0 fully saturated rings. The van der Waals surface area contributed by atoms with Crippen molar-refractivity contribution in [3.05, 3.63) is 113 Å². The highest BCUT2D eigenvalue weighted by Gasteiger charge is 2.30. The van der Waals surface area contributed by atoms with Crippen LogP contribution >= 0.6 is 0 Å². The molecule has 1 heterocycles. The van der Waals surface area contributed by atoms with Crippen molar-refractivity contribution in [2.45, 2.75) is 19.3 Å². The zero-order valence-corrected chi connectivity index (χ0v) is 17.4. The molecular formula is C25H20F3N3O2. The maximum atomic E-state index is 13.0. The summed E-state index contributed by atoms with van der Waals surface area (Å²) in [6.07, 6.45) is -2.98. The predicted molar refractivity (Wildman–Crippen MR) is 118 cm³/mol. The number of aromatic nitrogens is 2. The Hall–Kier alpha value is -4.07. The molecule has 5 nitrogen and oxygen atoms in total. The Morgan fingerprint density at radius 2 is 1.58 bits per heavy atom. The summed E-state index contributed by atoms with van der Waals surface area (Å²) in [5, 5.41) is 6.91. The third-order valence-corrected chi connectivity index (χ3v) is 4.83. The van der Waals surface area contributed by atoms with Crippen molar-refractivity contribution in [2.75, 3.05) is 5.32 Å². The van der Waals surface area contributed by atoms with Crippen LogP contribution in [0.5, 0.6) is 5.88 Å². The van der Waals surface area contributed by atoms with Gasteiger partial charge in [0.1, 0.15) is 12.2 Å². The maximum Gasteiger partial charge on any atom is 0.416 e. The first-order valence-electron chi connectivity index (χ1n) is 10.2. The Bertz CT molecular complexity index is 1220. The highest BCUT2D eigenvalue weighted by molar-refractivity contribution is 6.05. The molecular weight excluding hydrogens is 431 g/mol. The minimum atomic E-state index is -4.51. The molecule has 0 unspecified atom stereocenters. The quantitative estimate of drug-likeness (QED) is 0.388. The van der Waals surface area contributed by atoms with E-state index in [1.54, 1.807) is 4.68 Å². The van der Waals surface area contributed by atoms with Gasteiger partial charge in [-0.3, -0.25) is 9.48 Å². The highest BCUT2D eigenvalue weighted by Crippen LogP contribution is 2.31. The Morgan fingerprint density at radius 3 is 2.24 bits per heavy atom. The average molecular weight is 451 g/mol. The fraction of sp³-hybridized carbons (Fsp3) is 0.120. The topological polar surface area (TPSA) is 56.2 Å². The molecule has 1 aromatic heterocycles. The third kappa shape index (κ3) is 5.79. The zero-order chi connectivity index (χ0) is 23.3. The van der Waals surface area contributed by atoms with Gasteiger partial charge in [0.2, 0.25) is 5.88 Å². The van der Waals surface area contributed by atoms with E-state index in [0.717, 1.165) is 23.3 Å². The number of ether oxygens (including phenoxy) is 1. The maximum absolute atomic E-state index is 13.0. The van der Waals surface area contributed by atoms with E-state index < -0.39 is 17.6 Å². The van der Waals surface area contributed by atoms with E-state index in [1.807, 2.05) is 60.7 Å². The van der Waals surface area contributed by atoms with Gasteiger partial charge >= 0.3 is 6.18 Å². The summed E-state index contributed by atoms with van der Waals surface area (Å²) >= 11 is 0. The fourth-order valence-electron chi connectivity index (χ4n) is 3.22. The number of alkyl halides is 3. The van der Waals surface area contributed by atoms with Crippen LogP contribution in [0, 0.1) is 0 Å². The molecule has 0 saturated heterocycles. The number of amides is 1. The number of anilines is 1. The van der Waals surface area contributed by atoms with E-state index in [4.69, 9.17) is 4.74 Å². The number of rotatable bonds is 7. The van der Waals surface area contributed by atoms with Gasteiger partial charge in [0, 0.05) is 11.9 Å². The van der Waals surface area contributed by atoms with E-state index in [0.29, 0.717) is 6.54 Å². The molecule has 0 aliphatic heterocycles. The van der Waals surface area contributed by atoms with Crippen LogP contribution in [0.3, 0.4) is 0 Å². The van der Waals surface area contributed by atoms with Gasteiger partial charge < -0.3 is 10.1 Å². The second kappa shape index (κ2) is 9.60. The van der Waals surface area contributed by atoms with Gasteiger partial charge in [0.15, 0.2) is 0 Å². The van der Waals surface area contributed by atoms with Crippen LogP contribution in [0.1, 0.15) is 27.0 Å². The second-order valence-electron chi connectivity index (χ2n) is 7.34. The predicted octanol–water partition coefficient (Wildman–Crippen LogP) is 5.78. The highest BCUT2D eigenvalue weighted by atomic mass is 19.4. The van der Waals surface area contributed by atoms with Crippen molar-refractivity contribution >= 4 is 11.6 Å². The number of carbonyl (C=O) groups excluding carboxylic acids is 1. The molecule has 0 atom stereocenters. The lowest BCUT2D eigenvalue weighted by Crippen LogP contribution is -2.14. The van der Waals surface area contributed by atoms with Gasteiger partial charge in [-0.25, -0.2) is 0 Å². The average Bonchev–Trinajstić information content (AvgIpc) is 3.21. The van der Waals surface area contributed by atoms with Crippen LogP contribution in [0.2, 0.25) is 0 Å². The van der Waals surface area contributed by atoms with Crippen LogP contribution in [0.15, 0.2) is 91.1 Å². The first-order valence-corrected chi connectivity index (χ1v) is 10.2. The molecule has 0 spiro atoms. The minimum absolute atomic E-state index is 0.0274. The Morgan fingerprint density at radius 1 is 0.909 bits per heavy atom. The van der Waals surface area contributed by atoms with Gasteiger partial charge in [-0.15, -0.1) is 5.10 Å². The van der Waals surface area contributed by atoms with Crippen molar-refractivity contribution in [1.82, 2.24) is 9.78 Å². The summed E-state index contributed by atoms with van der Waals surface area (Å²) in [4.78, 5) is 12.9. The van der Waals surface area contributed by atoms with Gasteiger partial charge in [-0.2, -0.15) is 13.2 Å². The van der Waals surface area contributed by atoms with Crippen LogP contribution in [-0.4, -0.2) is 15.7 Å². The van der Waals surface area contributed by atoms with Crippen LogP contribution in [0.4, 0.5) is 18.9 Å². The van der Waals surface area contributed by atoms with Crippen LogP contribution < -0.4 is 10.1 Å². The lowest BCUT2D eigenvalue weighted by Gasteiger charge is -2.10. The minimum Gasteiger partial charge on any atom is -0.471 e. The molecule has 33 heavy (non-hydrogen) atoms. The molecule has 8 heteroatoms. The molecule has 168 valence electrons. The Balaban J connectivity index is 1.58. The number of nitrogens with one attached hydrogen (secondary N) is 1. The van der Waals surface area contributed by atoms with Crippen molar-refractivity contribution in [3.63, 3.8) is 0 Å². The summed E-state index contributed by atoms with van der Waals surface area (Å²) in [6, 6.07) is 23.4. The second-order valence-corrected chi connectivity index (χ2v) is 7.34. The molecule has 3 aromatic carbocycles. The SMILES string of the molecule is O=C(Nc1cccc(C(F)(F)F)c1)c1cn(Cc2ccccc2)nc1OCc1ccccc1. The van der Waals surface area contributed by atoms with Crippen LogP contribution in [-0.2, 0) is 19.3 Å². The molecule has 1 N–H and O–H groups in total. The van der Waals surface area contributed by atoms with Crippen LogP contribution in [0.25, 0.3) is 0 Å². The number of benzene rings is 3. The van der Waals surface area contributed by atoms with Gasteiger partial charge in [0.05, 0.1) is 12.1 Å². The normalized spacial score (nSPS) is 11.2. The molecule has 0 bridgehead atoms. The third-order valence-electron chi connectivity index (χ3n) is 4.83. The lowest BCUT2D eigenvalue weighted by atomic mass is 10.2. The number of hydrogen-bond donors (Lipinski definition) is 1. The monoisotopic (exact) mass is 451 g/mol. The smallest absolute Gasteiger partial charge is 0.416 e. The van der Waals surface area contributed by atoms with Gasteiger partial charge in [-0.05, 0) is 29.3 Å². The van der Waals surface area contributed by atoms with Crippen molar-refractivity contribution in [3.8, 4) is 5.88 Å². The fourth-order valence-corrected chi connectivity index (χ4v) is 3.22. The lowest BCUT2D eigenvalue weighted by molar-refractivity contribution is -0.137. The number of halogens is 3. The molecule has 4 rings (SSSR count). The van der Waals surface area contributed by atoms with Crippen molar-refractivity contribution in [2.24, 2.45) is 0 Å². The van der Waals surface area contributed by atoms with E-state index in [1.165, 1.54) is 18.3 Å². The first kappa shape index (κ1) is 22.1. The summed E-state index contributed by atoms with van der Waals surface area (Å²) < 4.78 is 46.4. The summed E-state index contributed by atoms with van der Waals surface area (Å²) in [7, 11) is 0. The molecule has 0 saturated carbocycles. The van der Waals surface area contributed by atoms with E-state index in [-0.39, 0.29) is 23.7 Å². The van der Waals surface area contributed by atoms with Crippen molar-refractivity contribution in [1.29, 1.82) is 0 Å². The zero-order valence-electron chi connectivity index (χ0n) is 17.4. The standard InChI is InChI=1S/C25H20F3N3O2/c26-25(27,28)20-12-7-13-21(14-20)29-23(32)22-16-31(15-18-8-3-1-4-9-18)30-24(22)33-17-19-10-5-2-6-11-19/h1-14,16H,15,17H2,(H,29,32).